The van der Waals surface area contributed by atoms with Crippen molar-refractivity contribution in [1.29, 1.82) is 0 Å². The van der Waals surface area contributed by atoms with E-state index in [9.17, 15) is 18.0 Å². The topological polar surface area (TPSA) is 61.0 Å². The molecule has 1 unspecified atom stereocenters. The zero-order chi connectivity index (χ0) is 21.2. The number of hydrogen-bond donors (Lipinski definition) is 2. The number of nitrogens with zero attached hydrogens (tertiary/aromatic N) is 2. The van der Waals surface area contributed by atoms with Gasteiger partial charge in [0.2, 0.25) is 0 Å². The van der Waals surface area contributed by atoms with Gasteiger partial charge in [-0.2, -0.15) is 13.2 Å². The monoisotopic (exact) mass is 404 g/mol. The van der Waals surface area contributed by atoms with Crippen molar-refractivity contribution in [3.05, 3.63) is 53.6 Å². The molecule has 0 aliphatic carbocycles. The van der Waals surface area contributed by atoms with Crippen LogP contribution in [0.15, 0.2) is 42.5 Å². The first-order valence-corrected chi connectivity index (χ1v) is 9.45. The maximum Gasteiger partial charge on any atom is 0.416 e. The van der Waals surface area contributed by atoms with Gasteiger partial charge in [0.1, 0.15) is 5.82 Å². The molecular weight excluding hydrogens is 381 g/mol. The SMILES string of the molecule is CCN(CC)C(C)NC(=O)c1ccc(-c2nc3ccc(C(F)(F)F)cc3[nH]2)cc1. The summed E-state index contributed by atoms with van der Waals surface area (Å²) in [6.07, 6.45) is -4.49. The van der Waals surface area contributed by atoms with Gasteiger partial charge in [0, 0.05) is 11.1 Å². The maximum absolute atomic E-state index is 12.9. The number of nitrogens with one attached hydrogen (secondary N) is 2. The highest BCUT2D eigenvalue weighted by atomic mass is 19.4. The van der Waals surface area contributed by atoms with Crippen LogP contribution >= 0.6 is 0 Å². The van der Waals surface area contributed by atoms with Crippen molar-refractivity contribution < 1.29 is 18.0 Å². The number of H-pyrrole nitrogens is 1. The van der Waals surface area contributed by atoms with Crippen LogP contribution in [0.1, 0.15) is 36.7 Å². The third kappa shape index (κ3) is 4.59. The van der Waals surface area contributed by atoms with Crippen molar-refractivity contribution in [2.75, 3.05) is 13.1 Å². The zero-order valence-corrected chi connectivity index (χ0v) is 16.5. The van der Waals surface area contributed by atoms with Crippen LogP contribution in [0.2, 0.25) is 0 Å². The van der Waals surface area contributed by atoms with Crippen LogP contribution < -0.4 is 5.32 Å². The number of hydrogen-bond acceptors (Lipinski definition) is 3. The standard InChI is InChI=1S/C21H23F3N4O/c1-4-28(5-2)13(3)25-20(29)15-8-6-14(7-9-15)19-26-17-11-10-16(21(22,23)24)12-18(17)27-19/h6-13H,4-5H2,1-3H3,(H,25,29)(H,26,27). The fourth-order valence-electron chi connectivity index (χ4n) is 3.24. The molecule has 0 saturated heterocycles. The molecule has 1 heterocycles. The number of benzene rings is 2. The van der Waals surface area contributed by atoms with E-state index in [4.69, 9.17) is 0 Å². The minimum absolute atomic E-state index is 0.0876. The number of carbonyl (C=O) groups excluding carboxylic acids is 1. The average Bonchev–Trinajstić information content (AvgIpc) is 3.11. The molecule has 1 aromatic heterocycles. The summed E-state index contributed by atoms with van der Waals surface area (Å²) < 4.78 is 38.6. The number of amides is 1. The highest BCUT2D eigenvalue weighted by Crippen LogP contribution is 2.31. The first kappa shape index (κ1) is 20.9. The van der Waals surface area contributed by atoms with Crippen molar-refractivity contribution in [3.63, 3.8) is 0 Å². The molecule has 0 saturated carbocycles. The summed E-state index contributed by atoms with van der Waals surface area (Å²) in [6, 6.07) is 10.2. The summed E-state index contributed by atoms with van der Waals surface area (Å²) in [6.45, 7) is 7.67. The molecule has 5 nitrogen and oxygen atoms in total. The summed E-state index contributed by atoms with van der Waals surface area (Å²) in [4.78, 5) is 21.8. The van der Waals surface area contributed by atoms with Crippen LogP contribution in [-0.2, 0) is 6.18 Å². The van der Waals surface area contributed by atoms with Crippen molar-refractivity contribution in [2.24, 2.45) is 0 Å². The Hall–Kier alpha value is -2.87. The van der Waals surface area contributed by atoms with Gasteiger partial charge < -0.3 is 10.3 Å². The Morgan fingerprint density at radius 1 is 1.14 bits per heavy atom. The fraction of sp³-hybridized carbons (Fsp3) is 0.333. The van der Waals surface area contributed by atoms with Crippen LogP contribution in [0.5, 0.6) is 0 Å². The number of aromatic amines is 1. The van der Waals surface area contributed by atoms with Crippen LogP contribution in [0.4, 0.5) is 13.2 Å². The Bertz CT molecular complexity index is 991. The lowest BCUT2D eigenvalue weighted by Crippen LogP contribution is -2.46. The molecule has 29 heavy (non-hydrogen) atoms. The second-order valence-corrected chi connectivity index (χ2v) is 6.76. The molecule has 0 radical (unpaired) electrons. The number of fused-ring (bicyclic) bond motifs is 1. The second kappa shape index (κ2) is 8.24. The molecule has 154 valence electrons. The Morgan fingerprint density at radius 2 is 1.79 bits per heavy atom. The van der Waals surface area contributed by atoms with Gasteiger partial charge in [0.05, 0.1) is 22.8 Å². The quantitative estimate of drug-likeness (QED) is 0.587. The molecule has 2 aromatic carbocycles. The number of imidazole rings is 1. The van der Waals surface area contributed by atoms with E-state index in [1.54, 1.807) is 24.3 Å². The van der Waals surface area contributed by atoms with Gasteiger partial charge in [-0.1, -0.05) is 26.0 Å². The van der Waals surface area contributed by atoms with Gasteiger partial charge in [0.25, 0.3) is 5.91 Å². The van der Waals surface area contributed by atoms with Gasteiger partial charge in [-0.3, -0.25) is 9.69 Å². The van der Waals surface area contributed by atoms with E-state index in [1.165, 1.54) is 6.07 Å². The van der Waals surface area contributed by atoms with E-state index in [1.807, 2.05) is 20.8 Å². The summed E-state index contributed by atoms with van der Waals surface area (Å²) in [5.74, 6) is 0.262. The average molecular weight is 404 g/mol. The number of alkyl halides is 3. The Kier molecular flexibility index (Phi) is 5.93. The van der Waals surface area contributed by atoms with E-state index in [0.717, 1.165) is 25.2 Å². The van der Waals surface area contributed by atoms with E-state index >= 15 is 0 Å². The number of aromatic nitrogens is 2. The Morgan fingerprint density at radius 3 is 2.38 bits per heavy atom. The lowest BCUT2D eigenvalue weighted by atomic mass is 10.1. The predicted molar refractivity (Wildman–Crippen MR) is 106 cm³/mol. The third-order valence-corrected chi connectivity index (χ3v) is 4.93. The van der Waals surface area contributed by atoms with Crippen molar-refractivity contribution >= 4 is 16.9 Å². The normalized spacial score (nSPS) is 13.1. The highest BCUT2D eigenvalue weighted by molar-refractivity contribution is 5.94. The molecule has 3 rings (SSSR count). The summed E-state index contributed by atoms with van der Waals surface area (Å²) in [5, 5.41) is 2.96. The zero-order valence-electron chi connectivity index (χ0n) is 16.5. The van der Waals surface area contributed by atoms with Crippen molar-refractivity contribution in [3.8, 4) is 11.4 Å². The molecule has 0 bridgehead atoms. The van der Waals surface area contributed by atoms with E-state index in [0.29, 0.717) is 28.0 Å². The fourth-order valence-corrected chi connectivity index (χ4v) is 3.24. The molecule has 3 aromatic rings. The van der Waals surface area contributed by atoms with Crippen molar-refractivity contribution in [1.82, 2.24) is 20.2 Å². The predicted octanol–water partition coefficient (Wildman–Crippen LogP) is 4.67. The Balaban J connectivity index is 1.78. The van der Waals surface area contributed by atoms with E-state index < -0.39 is 11.7 Å². The van der Waals surface area contributed by atoms with E-state index in [2.05, 4.69) is 20.2 Å². The van der Waals surface area contributed by atoms with Gasteiger partial charge >= 0.3 is 6.18 Å². The molecule has 0 aliphatic rings. The first-order valence-electron chi connectivity index (χ1n) is 9.45. The maximum atomic E-state index is 12.9. The molecule has 0 aliphatic heterocycles. The molecule has 1 amide bonds. The number of halogens is 3. The highest BCUT2D eigenvalue weighted by Gasteiger charge is 2.30. The molecule has 2 N–H and O–H groups in total. The van der Waals surface area contributed by atoms with Gasteiger partial charge in [-0.15, -0.1) is 0 Å². The molecule has 0 fully saturated rings. The summed E-state index contributed by atoms with van der Waals surface area (Å²) in [7, 11) is 0. The van der Waals surface area contributed by atoms with Gasteiger partial charge in [-0.25, -0.2) is 4.98 Å². The molecule has 0 spiro atoms. The first-order chi connectivity index (χ1) is 13.7. The molecule has 1 atom stereocenters. The van der Waals surface area contributed by atoms with Crippen LogP contribution in [0.25, 0.3) is 22.4 Å². The summed E-state index contributed by atoms with van der Waals surface area (Å²) in [5.41, 5.74) is 1.22. The molecular formula is C21H23F3N4O. The minimum atomic E-state index is -4.41. The number of rotatable bonds is 6. The Labute approximate surface area is 166 Å². The number of carbonyl (C=O) groups is 1. The lowest BCUT2D eigenvalue weighted by Gasteiger charge is -2.27. The smallest absolute Gasteiger partial charge is 0.338 e. The van der Waals surface area contributed by atoms with Crippen LogP contribution in [0, 0.1) is 0 Å². The molecule has 8 heteroatoms. The largest absolute Gasteiger partial charge is 0.416 e. The van der Waals surface area contributed by atoms with Crippen molar-refractivity contribution in [2.45, 2.75) is 33.1 Å². The van der Waals surface area contributed by atoms with Gasteiger partial charge in [-0.05, 0) is 50.3 Å². The van der Waals surface area contributed by atoms with Crippen LogP contribution in [0.3, 0.4) is 0 Å². The van der Waals surface area contributed by atoms with E-state index in [-0.39, 0.29) is 12.1 Å². The lowest BCUT2D eigenvalue weighted by molar-refractivity contribution is -0.137. The minimum Gasteiger partial charge on any atom is -0.338 e. The van der Waals surface area contributed by atoms with Crippen LogP contribution in [-0.4, -0.2) is 40.0 Å². The third-order valence-electron chi connectivity index (χ3n) is 4.93. The summed E-state index contributed by atoms with van der Waals surface area (Å²) >= 11 is 0. The van der Waals surface area contributed by atoms with Gasteiger partial charge in [0.15, 0.2) is 0 Å². The second-order valence-electron chi connectivity index (χ2n) is 6.76.